The van der Waals surface area contributed by atoms with Crippen LogP contribution in [0.1, 0.15) is 25.0 Å². The van der Waals surface area contributed by atoms with Crippen molar-refractivity contribution in [3.63, 3.8) is 0 Å². The Labute approximate surface area is 262 Å². The molecule has 0 saturated carbocycles. The number of pyridine rings is 2. The van der Waals surface area contributed by atoms with Crippen molar-refractivity contribution in [2.45, 2.75) is 19.3 Å². The van der Waals surface area contributed by atoms with Gasteiger partial charge < -0.3 is 0 Å². The molecule has 45 heavy (non-hydrogen) atoms. The summed E-state index contributed by atoms with van der Waals surface area (Å²) in [6.45, 7) is 4.70. The molecule has 0 radical (unpaired) electrons. The fourth-order valence-electron chi connectivity index (χ4n) is 7.44. The number of aromatic nitrogens is 2. The average Bonchev–Trinajstić information content (AvgIpc) is 3.33. The van der Waals surface area contributed by atoms with Gasteiger partial charge in [-0.25, -0.2) is 4.98 Å². The van der Waals surface area contributed by atoms with E-state index in [1.165, 1.54) is 55.1 Å². The van der Waals surface area contributed by atoms with Gasteiger partial charge in [0.1, 0.15) is 0 Å². The van der Waals surface area contributed by atoms with Crippen molar-refractivity contribution in [3.8, 4) is 44.6 Å². The summed E-state index contributed by atoms with van der Waals surface area (Å²) in [4.78, 5) is 10.0. The summed E-state index contributed by atoms with van der Waals surface area (Å²) in [6, 6.07) is 50.3. The Kier molecular flexibility index (Phi) is 5.58. The maximum absolute atomic E-state index is 5.36. The zero-order valence-electron chi connectivity index (χ0n) is 25.3. The van der Waals surface area contributed by atoms with E-state index in [4.69, 9.17) is 4.98 Å². The summed E-state index contributed by atoms with van der Waals surface area (Å²) >= 11 is 0. The van der Waals surface area contributed by atoms with E-state index in [0.29, 0.717) is 0 Å². The summed E-state index contributed by atoms with van der Waals surface area (Å²) in [7, 11) is 0. The number of hydrogen-bond donors (Lipinski definition) is 0. The van der Waals surface area contributed by atoms with Crippen molar-refractivity contribution in [1.82, 2.24) is 9.97 Å². The maximum Gasteiger partial charge on any atom is 0.0759 e. The summed E-state index contributed by atoms with van der Waals surface area (Å²) in [6.07, 6.45) is 1.97. The number of fused-ring (bicyclic) bond motifs is 7. The Bertz CT molecular complexity index is 2450. The first-order valence-corrected chi connectivity index (χ1v) is 15.6. The molecule has 2 aromatic heterocycles. The standard InChI is InChI=1S/C43H30N2/c1-43(2)36-16-7-6-15-35(36)42-41(43)39(40-34-14-5-3-10-29(34)22-23-38(40)45-42)32-13-9-12-30(24-32)27-18-20-28(21-19-27)33-25-31-11-4-8-17-37(31)44-26-33/h3-26H,1-2H3. The van der Waals surface area contributed by atoms with E-state index in [1.54, 1.807) is 0 Å². The number of para-hydroxylation sites is 1. The Hall–Kier alpha value is -5.60. The third kappa shape index (κ3) is 3.96. The van der Waals surface area contributed by atoms with Crippen LogP contribution in [0, 0.1) is 0 Å². The second-order valence-corrected chi connectivity index (χ2v) is 12.6. The van der Waals surface area contributed by atoms with Crippen molar-refractivity contribution < 1.29 is 0 Å². The monoisotopic (exact) mass is 574 g/mol. The first-order chi connectivity index (χ1) is 22.1. The molecular formula is C43H30N2. The lowest BCUT2D eigenvalue weighted by Crippen LogP contribution is -2.16. The van der Waals surface area contributed by atoms with Crippen molar-refractivity contribution in [2.75, 3.05) is 0 Å². The molecule has 0 amide bonds. The van der Waals surface area contributed by atoms with E-state index >= 15 is 0 Å². The molecule has 6 aromatic carbocycles. The highest BCUT2D eigenvalue weighted by atomic mass is 14.7. The summed E-state index contributed by atoms with van der Waals surface area (Å²) < 4.78 is 0. The molecule has 9 rings (SSSR count). The second kappa shape index (κ2) is 9.70. The van der Waals surface area contributed by atoms with Gasteiger partial charge in [-0.2, -0.15) is 0 Å². The van der Waals surface area contributed by atoms with E-state index in [0.717, 1.165) is 33.2 Å². The number of rotatable bonds is 3. The van der Waals surface area contributed by atoms with Crippen molar-refractivity contribution in [3.05, 3.63) is 157 Å². The Morgan fingerprint density at radius 1 is 0.511 bits per heavy atom. The highest BCUT2D eigenvalue weighted by Crippen LogP contribution is 2.54. The van der Waals surface area contributed by atoms with Gasteiger partial charge in [-0.1, -0.05) is 129 Å². The highest BCUT2D eigenvalue weighted by molar-refractivity contribution is 6.16. The number of hydrogen-bond acceptors (Lipinski definition) is 2. The van der Waals surface area contributed by atoms with Crippen LogP contribution in [0.3, 0.4) is 0 Å². The third-order valence-electron chi connectivity index (χ3n) is 9.65. The summed E-state index contributed by atoms with van der Waals surface area (Å²) in [5.74, 6) is 0. The fourth-order valence-corrected chi connectivity index (χ4v) is 7.44. The van der Waals surface area contributed by atoms with Crippen molar-refractivity contribution >= 4 is 32.6 Å². The molecule has 2 heterocycles. The first-order valence-electron chi connectivity index (χ1n) is 15.6. The molecular weight excluding hydrogens is 544 g/mol. The number of nitrogens with zero attached hydrogens (tertiary/aromatic N) is 2. The van der Waals surface area contributed by atoms with Crippen LogP contribution in [0.2, 0.25) is 0 Å². The van der Waals surface area contributed by atoms with Gasteiger partial charge >= 0.3 is 0 Å². The molecule has 2 nitrogen and oxygen atoms in total. The molecule has 0 atom stereocenters. The zero-order chi connectivity index (χ0) is 30.1. The van der Waals surface area contributed by atoms with Gasteiger partial charge in [0.25, 0.3) is 0 Å². The van der Waals surface area contributed by atoms with Gasteiger partial charge in [-0.15, -0.1) is 0 Å². The quantitative estimate of drug-likeness (QED) is 0.196. The molecule has 0 aliphatic heterocycles. The molecule has 212 valence electrons. The largest absolute Gasteiger partial charge is 0.256 e. The molecule has 0 unspecified atom stereocenters. The Morgan fingerprint density at radius 2 is 1.22 bits per heavy atom. The van der Waals surface area contributed by atoms with E-state index < -0.39 is 0 Å². The lowest BCUT2D eigenvalue weighted by Gasteiger charge is -2.26. The maximum atomic E-state index is 5.36. The van der Waals surface area contributed by atoms with Crippen LogP contribution < -0.4 is 0 Å². The van der Waals surface area contributed by atoms with E-state index in [9.17, 15) is 0 Å². The third-order valence-corrected chi connectivity index (χ3v) is 9.65. The molecule has 1 aliphatic carbocycles. The molecule has 2 heteroatoms. The van der Waals surface area contributed by atoms with Gasteiger partial charge in [-0.05, 0) is 74.0 Å². The van der Waals surface area contributed by atoms with Gasteiger partial charge in [0.15, 0.2) is 0 Å². The number of benzene rings is 6. The van der Waals surface area contributed by atoms with Gasteiger partial charge in [0.2, 0.25) is 0 Å². The molecule has 8 aromatic rings. The van der Waals surface area contributed by atoms with Crippen LogP contribution in [0.5, 0.6) is 0 Å². The van der Waals surface area contributed by atoms with Crippen LogP contribution in [0.4, 0.5) is 0 Å². The van der Waals surface area contributed by atoms with Gasteiger partial charge in [-0.3, -0.25) is 4.98 Å². The molecule has 0 saturated heterocycles. The molecule has 1 aliphatic rings. The molecule has 0 spiro atoms. The predicted octanol–water partition coefficient (Wildman–Crippen LogP) is 11.2. The smallest absolute Gasteiger partial charge is 0.0759 e. The topological polar surface area (TPSA) is 25.8 Å². The van der Waals surface area contributed by atoms with E-state index in [2.05, 4.69) is 152 Å². The predicted molar refractivity (Wildman–Crippen MR) is 188 cm³/mol. The minimum atomic E-state index is -0.190. The first kappa shape index (κ1) is 25.9. The van der Waals surface area contributed by atoms with Crippen LogP contribution in [-0.4, -0.2) is 9.97 Å². The van der Waals surface area contributed by atoms with Crippen LogP contribution >= 0.6 is 0 Å². The van der Waals surface area contributed by atoms with Crippen LogP contribution in [0.25, 0.3) is 77.2 Å². The summed E-state index contributed by atoms with van der Waals surface area (Å²) in [5.41, 5.74) is 14.0. The highest BCUT2D eigenvalue weighted by Gasteiger charge is 2.39. The van der Waals surface area contributed by atoms with Crippen molar-refractivity contribution in [1.29, 1.82) is 0 Å². The van der Waals surface area contributed by atoms with Gasteiger partial charge in [0.05, 0.1) is 16.7 Å². The van der Waals surface area contributed by atoms with Gasteiger partial charge in [0, 0.05) is 33.5 Å². The van der Waals surface area contributed by atoms with Crippen molar-refractivity contribution in [2.24, 2.45) is 0 Å². The molecule has 0 fully saturated rings. The normalized spacial score (nSPS) is 13.3. The SMILES string of the molecule is CC1(C)c2ccccc2-c2nc3ccc4ccccc4c3c(-c3cccc(-c4ccc(-c5cnc6ccccc6c5)cc4)c3)c21. The summed E-state index contributed by atoms with van der Waals surface area (Å²) in [5, 5.41) is 4.85. The molecule has 0 bridgehead atoms. The minimum absolute atomic E-state index is 0.190. The van der Waals surface area contributed by atoms with E-state index in [-0.39, 0.29) is 5.41 Å². The van der Waals surface area contributed by atoms with Crippen LogP contribution in [-0.2, 0) is 5.41 Å². The fraction of sp³-hybridized carbons (Fsp3) is 0.0698. The second-order valence-electron chi connectivity index (χ2n) is 12.6. The average molecular weight is 575 g/mol. The minimum Gasteiger partial charge on any atom is -0.256 e. The van der Waals surface area contributed by atoms with E-state index in [1.807, 2.05) is 12.3 Å². The zero-order valence-corrected chi connectivity index (χ0v) is 25.3. The lowest BCUT2D eigenvalue weighted by atomic mass is 9.77. The Morgan fingerprint density at radius 3 is 2.09 bits per heavy atom. The molecule has 0 N–H and O–H groups in total. The Balaban J connectivity index is 1.23. The van der Waals surface area contributed by atoms with Crippen LogP contribution in [0.15, 0.2) is 146 Å². The lowest BCUT2D eigenvalue weighted by molar-refractivity contribution is 0.662.